The maximum absolute atomic E-state index is 12.7. The molecule has 1 amide bonds. The number of benzene rings is 3. The number of amides is 1. The van der Waals surface area contributed by atoms with Gasteiger partial charge in [0, 0.05) is 22.6 Å². The summed E-state index contributed by atoms with van der Waals surface area (Å²) < 4.78 is 1.11. The third-order valence-electron chi connectivity index (χ3n) is 5.29. The smallest absolute Gasteiger partial charge is 0.227 e. The molecule has 0 aliphatic carbocycles. The number of likely N-dealkylation sites (tertiary alicyclic amines) is 1. The summed E-state index contributed by atoms with van der Waals surface area (Å²) in [5.41, 5.74) is 2.20. The van der Waals surface area contributed by atoms with Crippen LogP contribution in [0.5, 0.6) is 0 Å². The molecule has 0 spiro atoms. The number of carbonyl (C=O) groups is 1. The second-order valence-corrected chi connectivity index (χ2v) is 8.14. The highest BCUT2D eigenvalue weighted by Gasteiger charge is 2.25. The molecule has 4 heteroatoms. The largest absolute Gasteiger partial charge is 0.326 e. The summed E-state index contributed by atoms with van der Waals surface area (Å²) in [6.45, 7) is 2.88. The number of hydrogen-bond acceptors (Lipinski definition) is 2. The van der Waals surface area contributed by atoms with Crippen LogP contribution >= 0.6 is 15.9 Å². The molecule has 0 atom stereocenters. The van der Waals surface area contributed by atoms with Crippen molar-refractivity contribution in [2.24, 2.45) is 5.92 Å². The van der Waals surface area contributed by atoms with Crippen LogP contribution in [-0.4, -0.2) is 23.9 Å². The van der Waals surface area contributed by atoms with Crippen LogP contribution in [0.4, 0.5) is 5.69 Å². The van der Waals surface area contributed by atoms with Crippen molar-refractivity contribution >= 4 is 38.3 Å². The lowest BCUT2D eigenvalue weighted by Gasteiger charge is -2.31. The highest BCUT2D eigenvalue weighted by atomic mass is 79.9. The molecule has 0 unspecified atom stereocenters. The Morgan fingerprint density at radius 1 is 0.963 bits per heavy atom. The first kappa shape index (κ1) is 18.2. The Labute approximate surface area is 168 Å². The number of carbonyl (C=O) groups excluding carboxylic acids is 1. The first-order chi connectivity index (χ1) is 13.2. The number of nitrogens with zero attached hydrogens (tertiary/aromatic N) is 1. The molecular weight excluding hydrogens is 400 g/mol. The average Bonchev–Trinajstić information content (AvgIpc) is 2.70. The van der Waals surface area contributed by atoms with E-state index in [0.29, 0.717) is 0 Å². The van der Waals surface area contributed by atoms with E-state index >= 15 is 0 Å². The molecule has 138 valence electrons. The normalized spacial score (nSPS) is 15.7. The van der Waals surface area contributed by atoms with Gasteiger partial charge >= 0.3 is 0 Å². The Morgan fingerprint density at radius 3 is 2.41 bits per heavy atom. The van der Waals surface area contributed by atoms with E-state index in [-0.39, 0.29) is 11.8 Å². The van der Waals surface area contributed by atoms with E-state index in [0.717, 1.165) is 48.0 Å². The van der Waals surface area contributed by atoms with Gasteiger partial charge in [-0.3, -0.25) is 9.69 Å². The van der Waals surface area contributed by atoms with Crippen LogP contribution in [0.3, 0.4) is 0 Å². The van der Waals surface area contributed by atoms with Gasteiger partial charge in [0.05, 0.1) is 0 Å². The van der Waals surface area contributed by atoms with E-state index in [4.69, 9.17) is 0 Å². The molecule has 4 rings (SSSR count). The molecule has 1 aliphatic heterocycles. The highest BCUT2D eigenvalue weighted by Crippen LogP contribution is 2.23. The fraction of sp³-hybridized carbons (Fsp3) is 0.261. The summed E-state index contributed by atoms with van der Waals surface area (Å²) in [4.78, 5) is 15.1. The van der Waals surface area contributed by atoms with Gasteiger partial charge in [0.1, 0.15) is 0 Å². The molecule has 3 aromatic rings. The first-order valence-electron chi connectivity index (χ1n) is 9.44. The minimum absolute atomic E-state index is 0.0950. The number of anilines is 1. The summed E-state index contributed by atoms with van der Waals surface area (Å²) in [6, 6.07) is 22.8. The van der Waals surface area contributed by atoms with Gasteiger partial charge in [-0.1, -0.05) is 58.4 Å². The number of rotatable bonds is 4. The van der Waals surface area contributed by atoms with Crippen LogP contribution in [0.15, 0.2) is 71.2 Å². The van der Waals surface area contributed by atoms with E-state index in [2.05, 4.69) is 74.7 Å². The van der Waals surface area contributed by atoms with Crippen molar-refractivity contribution in [2.75, 3.05) is 18.4 Å². The van der Waals surface area contributed by atoms with Gasteiger partial charge in [-0.25, -0.2) is 0 Å². The number of piperidine rings is 1. The Hall–Kier alpha value is -2.17. The summed E-state index contributed by atoms with van der Waals surface area (Å²) in [6.07, 6.45) is 1.83. The predicted molar refractivity (Wildman–Crippen MR) is 115 cm³/mol. The van der Waals surface area contributed by atoms with Gasteiger partial charge in [-0.2, -0.15) is 0 Å². The van der Waals surface area contributed by atoms with Crippen molar-refractivity contribution < 1.29 is 4.79 Å². The summed E-state index contributed by atoms with van der Waals surface area (Å²) >= 11 is 3.48. The quantitative estimate of drug-likeness (QED) is 0.605. The molecule has 1 saturated heterocycles. The fourth-order valence-electron chi connectivity index (χ4n) is 3.71. The molecule has 3 aromatic carbocycles. The van der Waals surface area contributed by atoms with Crippen molar-refractivity contribution in [1.29, 1.82) is 0 Å². The molecule has 1 heterocycles. The van der Waals surface area contributed by atoms with Crippen LogP contribution < -0.4 is 5.32 Å². The highest BCUT2D eigenvalue weighted by molar-refractivity contribution is 9.10. The zero-order valence-corrected chi connectivity index (χ0v) is 16.8. The molecule has 0 aromatic heterocycles. The molecule has 0 radical (unpaired) electrons. The monoisotopic (exact) mass is 422 g/mol. The van der Waals surface area contributed by atoms with E-state index in [1.54, 1.807) is 0 Å². The van der Waals surface area contributed by atoms with Crippen LogP contribution in [0, 0.1) is 5.92 Å². The van der Waals surface area contributed by atoms with Crippen molar-refractivity contribution in [3.05, 3.63) is 76.8 Å². The van der Waals surface area contributed by atoms with Crippen molar-refractivity contribution in [3.8, 4) is 0 Å². The van der Waals surface area contributed by atoms with Crippen molar-refractivity contribution in [3.63, 3.8) is 0 Å². The lowest BCUT2D eigenvalue weighted by molar-refractivity contribution is -0.121. The number of hydrogen-bond donors (Lipinski definition) is 1. The van der Waals surface area contributed by atoms with Gasteiger partial charge in [-0.05, 0) is 66.5 Å². The van der Waals surface area contributed by atoms with Gasteiger partial charge in [-0.15, -0.1) is 0 Å². The Bertz CT molecular complexity index is 931. The van der Waals surface area contributed by atoms with E-state index in [9.17, 15) is 4.79 Å². The number of halogens is 1. The minimum atomic E-state index is 0.0950. The third-order valence-corrected chi connectivity index (χ3v) is 5.82. The van der Waals surface area contributed by atoms with Crippen LogP contribution in [0.25, 0.3) is 10.8 Å². The van der Waals surface area contributed by atoms with E-state index in [1.807, 2.05) is 18.2 Å². The summed E-state index contributed by atoms with van der Waals surface area (Å²) in [7, 11) is 0. The second kappa shape index (κ2) is 8.24. The Morgan fingerprint density at radius 2 is 1.67 bits per heavy atom. The Balaban J connectivity index is 1.32. The zero-order chi connectivity index (χ0) is 18.6. The molecule has 0 bridgehead atoms. The standard InChI is InChI=1S/C23H23BrN2O/c24-21-8-5-17(6-9-21)16-26-13-11-19(12-14-26)23(27)25-22-10-7-18-3-1-2-4-20(18)15-22/h1-10,15,19H,11-14,16H2,(H,25,27). The van der Waals surface area contributed by atoms with Crippen LogP contribution in [0.1, 0.15) is 18.4 Å². The van der Waals surface area contributed by atoms with Gasteiger partial charge in [0.15, 0.2) is 0 Å². The number of fused-ring (bicyclic) bond motifs is 1. The molecule has 3 nitrogen and oxygen atoms in total. The summed E-state index contributed by atoms with van der Waals surface area (Å²) in [5, 5.41) is 5.46. The molecule has 1 aliphatic rings. The van der Waals surface area contributed by atoms with Crippen LogP contribution in [0.2, 0.25) is 0 Å². The zero-order valence-electron chi connectivity index (χ0n) is 15.2. The second-order valence-electron chi connectivity index (χ2n) is 7.23. The lowest BCUT2D eigenvalue weighted by Crippen LogP contribution is -2.37. The molecule has 1 N–H and O–H groups in total. The molecule has 1 fully saturated rings. The maximum atomic E-state index is 12.7. The van der Waals surface area contributed by atoms with Crippen molar-refractivity contribution in [2.45, 2.75) is 19.4 Å². The third kappa shape index (κ3) is 4.57. The van der Waals surface area contributed by atoms with E-state index < -0.39 is 0 Å². The Kier molecular flexibility index (Phi) is 5.55. The maximum Gasteiger partial charge on any atom is 0.227 e. The first-order valence-corrected chi connectivity index (χ1v) is 10.2. The fourth-order valence-corrected chi connectivity index (χ4v) is 3.98. The minimum Gasteiger partial charge on any atom is -0.326 e. The van der Waals surface area contributed by atoms with Gasteiger partial charge < -0.3 is 5.32 Å². The molecule has 0 saturated carbocycles. The van der Waals surface area contributed by atoms with E-state index in [1.165, 1.54) is 10.9 Å². The molecule has 27 heavy (non-hydrogen) atoms. The SMILES string of the molecule is O=C(Nc1ccc2ccccc2c1)C1CCN(Cc2ccc(Br)cc2)CC1. The van der Waals surface area contributed by atoms with Crippen molar-refractivity contribution in [1.82, 2.24) is 4.90 Å². The van der Waals surface area contributed by atoms with Crippen LogP contribution in [-0.2, 0) is 11.3 Å². The number of nitrogens with one attached hydrogen (secondary N) is 1. The predicted octanol–water partition coefficient (Wildman–Crippen LogP) is 5.45. The topological polar surface area (TPSA) is 32.3 Å². The average molecular weight is 423 g/mol. The van der Waals surface area contributed by atoms with Gasteiger partial charge in [0.2, 0.25) is 5.91 Å². The molecular formula is C23H23BrN2O. The lowest BCUT2D eigenvalue weighted by atomic mass is 9.95. The summed E-state index contributed by atoms with van der Waals surface area (Å²) in [5.74, 6) is 0.242. The van der Waals surface area contributed by atoms with Gasteiger partial charge in [0.25, 0.3) is 0 Å².